The maximum absolute atomic E-state index is 10.0. The molecule has 4 nitrogen and oxygen atoms in total. The molecule has 10 heavy (non-hydrogen) atoms. The number of nitrogens with zero attached hydrogens (tertiary/aromatic N) is 3. The molecule has 1 saturated heterocycles. The Hall–Kier alpha value is -0.640. The normalized spacial score (nSPS) is 21.1. The molecule has 4 heteroatoms. The second-order valence-corrected chi connectivity index (χ2v) is 2.47. The highest BCUT2D eigenvalue weighted by Crippen LogP contribution is 1.99. The van der Waals surface area contributed by atoms with Crippen LogP contribution in [0.3, 0.4) is 0 Å². The maximum Gasteiger partial charge on any atom is 0.0524 e. The van der Waals surface area contributed by atoms with Crippen molar-refractivity contribution in [2.45, 2.75) is 6.92 Å². The van der Waals surface area contributed by atoms with Crippen LogP contribution < -0.4 is 0 Å². The van der Waals surface area contributed by atoms with Crippen molar-refractivity contribution in [1.29, 1.82) is 0 Å². The molecule has 0 aliphatic carbocycles. The van der Waals surface area contributed by atoms with E-state index < -0.39 is 0 Å². The lowest BCUT2D eigenvalue weighted by Gasteiger charge is -2.29. The summed E-state index contributed by atoms with van der Waals surface area (Å²) in [6, 6.07) is 0. The van der Waals surface area contributed by atoms with Crippen LogP contribution in [0.5, 0.6) is 0 Å². The van der Waals surface area contributed by atoms with Crippen molar-refractivity contribution in [1.82, 2.24) is 9.91 Å². The van der Waals surface area contributed by atoms with Crippen LogP contribution in [0.15, 0.2) is 5.29 Å². The van der Waals surface area contributed by atoms with Crippen LogP contribution in [0.4, 0.5) is 0 Å². The lowest BCUT2D eigenvalue weighted by atomic mass is 10.3. The fourth-order valence-corrected chi connectivity index (χ4v) is 1.14. The van der Waals surface area contributed by atoms with Gasteiger partial charge in [0.2, 0.25) is 0 Å². The highest BCUT2D eigenvalue weighted by atomic mass is 16.3. The predicted octanol–water partition coefficient (Wildman–Crippen LogP) is 0.305. The molecule has 0 N–H and O–H groups in total. The first-order chi connectivity index (χ1) is 4.86. The lowest BCUT2D eigenvalue weighted by Crippen LogP contribution is -2.43. The van der Waals surface area contributed by atoms with Crippen molar-refractivity contribution in [2.24, 2.45) is 5.29 Å². The summed E-state index contributed by atoms with van der Waals surface area (Å²) >= 11 is 0. The molecule has 0 amide bonds. The van der Waals surface area contributed by atoms with E-state index in [4.69, 9.17) is 0 Å². The van der Waals surface area contributed by atoms with Crippen molar-refractivity contribution >= 4 is 0 Å². The number of nitroso groups, excluding NO2 is 1. The van der Waals surface area contributed by atoms with E-state index in [1.165, 1.54) is 0 Å². The summed E-state index contributed by atoms with van der Waals surface area (Å²) in [6.45, 7) is 6.73. The summed E-state index contributed by atoms with van der Waals surface area (Å²) in [5.74, 6) is 0. The smallest absolute Gasteiger partial charge is 0.0524 e. The van der Waals surface area contributed by atoms with E-state index >= 15 is 0 Å². The first kappa shape index (κ1) is 7.47. The van der Waals surface area contributed by atoms with E-state index in [2.05, 4.69) is 17.1 Å². The first-order valence-electron chi connectivity index (χ1n) is 3.67. The van der Waals surface area contributed by atoms with Crippen molar-refractivity contribution in [3.63, 3.8) is 0 Å². The Kier molecular flexibility index (Phi) is 2.62. The molecule has 0 aromatic carbocycles. The molecule has 1 rings (SSSR count). The van der Waals surface area contributed by atoms with E-state index in [9.17, 15) is 4.91 Å². The molecule has 0 aromatic rings. The lowest BCUT2D eigenvalue weighted by molar-refractivity contribution is 0.139. The largest absolute Gasteiger partial charge is 0.300 e. The van der Waals surface area contributed by atoms with Crippen molar-refractivity contribution < 1.29 is 0 Å². The fraction of sp³-hybridized carbons (Fsp3) is 1.00. The molecular weight excluding hydrogens is 130 g/mol. The van der Waals surface area contributed by atoms with Crippen LogP contribution >= 0.6 is 0 Å². The molecule has 0 unspecified atom stereocenters. The molecule has 0 saturated carbocycles. The van der Waals surface area contributed by atoms with Gasteiger partial charge in [0, 0.05) is 13.1 Å². The van der Waals surface area contributed by atoms with Crippen LogP contribution in [0.25, 0.3) is 0 Å². The second kappa shape index (κ2) is 3.51. The second-order valence-electron chi connectivity index (χ2n) is 2.47. The Balaban J connectivity index is 2.23. The zero-order valence-electron chi connectivity index (χ0n) is 6.29. The highest BCUT2D eigenvalue weighted by molar-refractivity contribution is 4.67. The van der Waals surface area contributed by atoms with E-state index in [1.54, 1.807) is 5.01 Å². The summed E-state index contributed by atoms with van der Waals surface area (Å²) in [6.07, 6.45) is 0. The van der Waals surface area contributed by atoms with Crippen LogP contribution in [0.1, 0.15) is 6.92 Å². The zero-order valence-corrected chi connectivity index (χ0v) is 6.29. The molecule has 1 heterocycles. The Morgan fingerprint density at radius 3 is 2.30 bits per heavy atom. The molecule has 1 aliphatic rings. The molecule has 0 bridgehead atoms. The third-order valence-corrected chi connectivity index (χ3v) is 1.91. The minimum absolute atomic E-state index is 0.789. The molecule has 0 radical (unpaired) electrons. The maximum atomic E-state index is 10.0. The van der Waals surface area contributed by atoms with E-state index in [0.717, 1.165) is 32.7 Å². The molecule has 0 atom stereocenters. The predicted molar refractivity (Wildman–Crippen MR) is 39.5 cm³/mol. The third-order valence-electron chi connectivity index (χ3n) is 1.91. The monoisotopic (exact) mass is 143 g/mol. The van der Waals surface area contributed by atoms with Gasteiger partial charge < -0.3 is 0 Å². The Bertz CT molecular complexity index is 110. The van der Waals surface area contributed by atoms with Gasteiger partial charge in [0.25, 0.3) is 0 Å². The van der Waals surface area contributed by atoms with Gasteiger partial charge in [0.1, 0.15) is 0 Å². The minimum atomic E-state index is 0.789. The summed E-state index contributed by atoms with van der Waals surface area (Å²) in [5, 5.41) is 4.45. The minimum Gasteiger partial charge on any atom is -0.300 e. The Morgan fingerprint density at radius 1 is 1.30 bits per heavy atom. The Labute approximate surface area is 60.7 Å². The van der Waals surface area contributed by atoms with Crippen LogP contribution in [0, 0.1) is 4.91 Å². The standard InChI is InChI=1S/C6H13N3O/c1-2-8-3-5-9(7-10)6-4-8/h2-6H2,1H3. The molecule has 1 fully saturated rings. The average molecular weight is 143 g/mol. The number of hydrogen-bond acceptors (Lipinski definition) is 3. The van der Waals surface area contributed by atoms with Gasteiger partial charge in [-0.2, -0.15) is 0 Å². The van der Waals surface area contributed by atoms with Gasteiger partial charge in [-0.1, -0.05) is 6.92 Å². The van der Waals surface area contributed by atoms with Gasteiger partial charge in [-0.05, 0) is 6.54 Å². The SMILES string of the molecule is CCN1CCN(N=O)CC1. The van der Waals surface area contributed by atoms with Gasteiger partial charge >= 0.3 is 0 Å². The summed E-state index contributed by atoms with van der Waals surface area (Å²) < 4.78 is 0. The molecule has 0 aromatic heterocycles. The van der Waals surface area contributed by atoms with Crippen LogP contribution in [-0.2, 0) is 0 Å². The number of hydrogen-bond donors (Lipinski definition) is 0. The number of likely N-dealkylation sites (N-methyl/N-ethyl adjacent to an activating group) is 1. The Morgan fingerprint density at radius 2 is 1.90 bits per heavy atom. The van der Waals surface area contributed by atoms with Gasteiger partial charge in [0.15, 0.2) is 0 Å². The van der Waals surface area contributed by atoms with E-state index in [1.807, 2.05) is 0 Å². The molecule has 58 valence electrons. The van der Waals surface area contributed by atoms with Crippen LogP contribution in [0.2, 0.25) is 0 Å². The summed E-state index contributed by atoms with van der Waals surface area (Å²) in [5.41, 5.74) is 0. The van der Waals surface area contributed by atoms with Gasteiger partial charge in [-0.15, -0.1) is 4.91 Å². The van der Waals surface area contributed by atoms with Gasteiger partial charge in [-0.3, -0.25) is 9.91 Å². The van der Waals surface area contributed by atoms with Gasteiger partial charge in [0.05, 0.1) is 18.4 Å². The molecule has 1 aliphatic heterocycles. The van der Waals surface area contributed by atoms with Crippen molar-refractivity contribution in [2.75, 3.05) is 32.7 Å². The molecular formula is C6H13N3O. The van der Waals surface area contributed by atoms with Crippen molar-refractivity contribution in [3.8, 4) is 0 Å². The summed E-state index contributed by atoms with van der Waals surface area (Å²) in [4.78, 5) is 12.3. The van der Waals surface area contributed by atoms with E-state index in [0.29, 0.717) is 0 Å². The first-order valence-corrected chi connectivity index (χ1v) is 3.67. The van der Waals surface area contributed by atoms with E-state index in [-0.39, 0.29) is 0 Å². The zero-order chi connectivity index (χ0) is 7.40. The quantitative estimate of drug-likeness (QED) is 0.522. The number of rotatable bonds is 2. The average Bonchev–Trinajstić information content (AvgIpc) is 2.05. The summed E-state index contributed by atoms with van der Waals surface area (Å²) in [7, 11) is 0. The number of piperazine rings is 1. The van der Waals surface area contributed by atoms with Crippen molar-refractivity contribution in [3.05, 3.63) is 4.91 Å². The van der Waals surface area contributed by atoms with Gasteiger partial charge in [-0.25, -0.2) is 0 Å². The molecule has 0 spiro atoms. The highest BCUT2D eigenvalue weighted by Gasteiger charge is 2.13. The van der Waals surface area contributed by atoms with Crippen LogP contribution in [-0.4, -0.2) is 42.6 Å². The fourth-order valence-electron chi connectivity index (χ4n) is 1.14. The third kappa shape index (κ3) is 1.67. The topological polar surface area (TPSA) is 35.9 Å².